The molecule has 0 heterocycles. The molecule has 0 saturated heterocycles. The van der Waals surface area contributed by atoms with E-state index in [1.165, 1.54) is 18.2 Å². The van der Waals surface area contributed by atoms with Crippen molar-refractivity contribution in [1.82, 2.24) is 0 Å². The Balaban J connectivity index is 2.19. The summed E-state index contributed by atoms with van der Waals surface area (Å²) < 4.78 is 41.0. The van der Waals surface area contributed by atoms with Gasteiger partial charge >= 0.3 is 6.36 Å². The van der Waals surface area contributed by atoms with Crippen LogP contribution in [0.1, 0.15) is 16.7 Å². The van der Waals surface area contributed by atoms with E-state index < -0.39 is 6.36 Å². The van der Waals surface area contributed by atoms with E-state index in [1.54, 1.807) is 12.1 Å². The lowest BCUT2D eigenvalue weighted by molar-refractivity contribution is -0.274. The Hall–Kier alpha value is -2.50. The van der Waals surface area contributed by atoms with Gasteiger partial charge in [0.2, 0.25) is 0 Å². The fraction of sp³-hybridized carbons (Fsp3) is 0.188. The summed E-state index contributed by atoms with van der Waals surface area (Å²) >= 11 is 0. The molecule has 2 N–H and O–H groups in total. The van der Waals surface area contributed by atoms with Gasteiger partial charge in [-0.3, -0.25) is 4.99 Å². The Labute approximate surface area is 126 Å². The number of nitrogens with two attached hydrogens (primary N) is 1. The first-order valence-corrected chi connectivity index (χ1v) is 6.56. The maximum atomic E-state index is 12.3. The third-order valence-corrected chi connectivity index (χ3v) is 2.93. The van der Waals surface area contributed by atoms with Gasteiger partial charge in [-0.25, -0.2) is 0 Å². The van der Waals surface area contributed by atoms with Gasteiger partial charge in [0.25, 0.3) is 0 Å². The molecular weight excluding hydrogens is 293 g/mol. The zero-order valence-corrected chi connectivity index (χ0v) is 11.9. The monoisotopic (exact) mass is 308 g/mol. The summed E-state index contributed by atoms with van der Waals surface area (Å²) in [5.41, 5.74) is 7.95. The number of hydrogen-bond donors (Lipinski definition) is 1. The van der Waals surface area contributed by atoms with Crippen LogP contribution in [0.3, 0.4) is 0 Å². The van der Waals surface area contributed by atoms with E-state index in [9.17, 15) is 13.2 Å². The number of aliphatic imine (C=N–C) groups is 1. The standard InChI is InChI=1S/C16H15F3N2O/c1-11-5-4-7-12(9-11)15(20)21-10-13-6-2-3-8-14(13)22-16(17,18)19/h2-9H,10H2,1H3,(H2,20,21). The van der Waals surface area contributed by atoms with Crippen molar-refractivity contribution in [1.29, 1.82) is 0 Å². The predicted octanol–water partition coefficient (Wildman–Crippen LogP) is 3.80. The molecule has 0 fully saturated rings. The smallest absolute Gasteiger partial charge is 0.405 e. The van der Waals surface area contributed by atoms with E-state index in [-0.39, 0.29) is 18.1 Å². The molecule has 0 spiro atoms. The number of alkyl halides is 3. The zero-order chi connectivity index (χ0) is 16.2. The molecule has 0 bridgehead atoms. The van der Waals surface area contributed by atoms with Crippen LogP contribution in [0, 0.1) is 6.92 Å². The van der Waals surface area contributed by atoms with Crippen LogP contribution in [0.25, 0.3) is 0 Å². The molecule has 2 rings (SSSR count). The first kappa shape index (κ1) is 15.9. The number of amidine groups is 1. The lowest BCUT2D eigenvalue weighted by Crippen LogP contribution is -2.18. The molecule has 3 nitrogen and oxygen atoms in total. The van der Waals surface area contributed by atoms with Crippen LogP contribution >= 0.6 is 0 Å². The van der Waals surface area contributed by atoms with Gasteiger partial charge in [-0.1, -0.05) is 42.0 Å². The summed E-state index contributed by atoms with van der Waals surface area (Å²) in [7, 11) is 0. The summed E-state index contributed by atoms with van der Waals surface area (Å²) in [6, 6.07) is 13.3. The Morgan fingerprint density at radius 1 is 1.14 bits per heavy atom. The van der Waals surface area contributed by atoms with E-state index in [0.717, 1.165) is 11.1 Å². The average molecular weight is 308 g/mol. The van der Waals surface area contributed by atoms with Crippen LogP contribution in [-0.2, 0) is 6.54 Å². The van der Waals surface area contributed by atoms with Crippen LogP contribution < -0.4 is 10.5 Å². The van der Waals surface area contributed by atoms with Crippen LogP contribution in [0.15, 0.2) is 53.5 Å². The lowest BCUT2D eigenvalue weighted by Gasteiger charge is -2.12. The molecule has 0 aliphatic carbocycles. The average Bonchev–Trinajstić information content (AvgIpc) is 2.44. The molecule has 0 unspecified atom stereocenters. The van der Waals surface area contributed by atoms with Crippen molar-refractivity contribution in [3.63, 3.8) is 0 Å². The third kappa shape index (κ3) is 4.51. The summed E-state index contributed by atoms with van der Waals surface area (Å²) in [6.07, 6.45) is -4.73. The molecule has 0 aliphatic heterocycles. The van der Waals surface area contributed by atoms with Crippen molar-refractivity contribution < 1.29 is 17.9 Å². The minimum Gasteiger partial charge on any atom is -0.405 e. The summed E-state index contributed by atoms with van der Waals surface area (Å²) in [4.78, 5) is 4.14. The first-order valence-electron chi connectivity index (χ1n) is 6.56. The second kappa shape index (κ2) is 6.51. The van der Waals surface area contributed by atoms with Crippen molar-refractivity contribution in [2.24, 2.45) is 10.7 Å². The van der Waals surface area contributed by atoms with Crippen molar-refractivity contribution in [3.8, 4) is 5.75 Å². The van der Waals surface area contributed by atoms with Gasteiger partial charge in [0.15, 0.2) is 0 Å². The number of benzene rings is 2. The van der Waals surface area contributed by atoms with Crippen molar-refractivity contribution in [2.75, 3.05) is 0 Å². The van der Waals surface area contributed by atoms with Crippen LogP contribution in [0.2, 0.25) is 0 Å². The van der Waals surface area contributed by atoms with Gasteiger partial charge < -0.3 is 10.5 Å². The fourth-order valence-electron chi connectivity index (χ4n) is 1.92. The minimum atomic E-state index is -4.73. The SMILES string of the molecule is Cc1cccc(C(N)=NCc2ccccc2OC(F)(F)F)c1. The Morgan fingerprint density at radius 2 is 1.86 bits per heavy atom. The number of hydrogen-bond acceptors (Lipinski definition) is 2. The van der Waals surface area contributed by atoms with E-state index in [1.807, 2.05) is 25.1 Å². The maximum Gasteiger partial charge on any atom is 0.573 e. The molecule has 0 aromatic heterocycles. The molecule has 6 heteroatoms. The van der Waals surface area contributed by atoms with E-state index >= 15 is 0 Å². The number of rotatable bonds is 4. The largest absolute Gasteiger partial charge is 0.573 e. The Kier molecular flexibility index (Phi) is 4.70. The van der Waals surface area contributed by atoms with Gasteiger partial charge in [-0.15, -0.1) is 13.2 Å². The highest BCUT2D eigenvalue weighted by Gasteiger charge is 2.31. The zero-order valence-electron chi connectivity index (χ0n) is 11.9. The number of para-hydroxylation sites is 1. The fourth-order valence-corrected chi connectivity index (χ4v) is 1.92. The second-order valence-electron chi connectivity index (χ2n) is 4.73. The van der Waals surface area contributed by atoms with E-state index in [2.05, 4.69) is 9.73 Å². The van der Waals surface area contributed by atoms with Gasteiger partial charge in [-0.05, 0) is 19.1 Å². The predicted molar refractivity (Wildman–Crippen MR) is 78.7 cm³/mol. The molecule has 0 saturated carbocycles. The van der Waals surface area contributed by atoms with Gasteiger partial charge in [-0.2, -0.15) is 0 Å². The third-order valence-electron chi connectivity index (χ3n) is 2.93. The molecule has 0 radical (unpaired) electrons. The highest BCUT2D eigenvalue weighted by atomic mass is 19.4. The van der Waals surface area contributed by atoms with Gasteiger partial charge in [0.1, 0.15) is 11.6 Å². The lowest BCUT2D eigenvalue weighted by atomic mass is 10.1. The van der Waals surface area contributed by atoms with Crippen LogP contribution in [0.5, 0.6) is 5.75 Å². The number of halogens is 3. The van der Waals surface area contributed by atoms with Gasteiger partial charge in [0.05, 0.1) is 6.54 Å². The van der Waals surface area contributed by atoms with Crippen molar-refractivity contribution in [3.05, 3.63) is 65.2 Å². The van der Waals surface area contributed by atoms with Crippen LogP contribution in [0.4, 0.5) is 13.2 Å². The summed E-state index contributed by atoms with van der Waals surface area (Å²) in [6.45, 7) is 1.93. The van der Waals surface area contributed by atoms with Crippen LogP contribution in [-0.4, -0.2) is 12.2 Å². The maximum absolute atomic E-state index is 12.3. The normalized spacial score (nSPS) is 12.3. The molecule has 0 amide bonds. The number of ether oxygens (including phenoxy) is 1. The Morgan fingerprint density at radius 3 is 2.55 bits per heavy atom. The van der Waals surface area contributed by atoms with Crippen molar-refractivity contribution in [2.45, 2.75) is 19.8 Å². The van der Waals surface area contributed by atoms with Gasteiger partial charge in [0, 0.05) is 11.1 Å². The number of nitrogens with zero attached hydrogens (tertiary/aromatic N) is 1. The highest BCUT2D eigenvalue weighted by Crippen LogP contribution is 2.26. The Bertz CT molecular complexity index is 681. The van der Waals surface area contributed by atoms with E-state index in [4.69, 9.17) is 5.73 Å². The molecule has 2 aromatic carbocycles. The summed E-state index contributed by atoms with van der Waals surface area (Å²) in [5.74, 6) is 0.00121. The quantitative estimate of drug-likeness (QED) is 0.690. The molecule has 22 heavy (non-hydrogen) atoms. The first-order chi connectivity index (χ1) is 10.3. The number of aryl methyl sites for hydroxylation is 1. The molecule has 0 aliphatic rings. The molecular formula is C16H15F3N2O. The second-order valence-corrected chi connectivity index (χ2v) is 4.73. The summed E-state index contributed by atoms with van der Waals surface area (Å²) in [5, 5.41) is 0. The topological polar surface area (TPSA) is 47.6 Å². The molecule has 116 valence electrons. The highest BCUT2D eigenvalue weighted by molar-refractivity contribution is 5.97. The molecule has 0 atom stereocenters. The minimum absolute atomic E-state index is 0.00598. The van der Waals surface area contributed by atoms with Crippen molar-refractivity contribution >= 4 is 5.84 Å². The van der Waals surface area contributed by atoms with E-state index in [0.29, 0.717) is 5.56 Å². The molecule has 2 aromatic rings.